The first-order chi connectivity index (χ1) is 10.9. The van der Waals surface area contributed by atoms with Crippen molar-refractivity contribution in [1.82, 2.24) is 16.0 Å². The fourth-order valence-corrected chi connectivity index (χ4v) is 1.96. The Bertz CT molecular complexity index is 768. The van der Waals surface area contributed by atoms with E-state index in [1.807, 2.05) is 6.92 Å². The van der Waals surface area contributed by atoms with Gasteiger partial charge in [-0.1, -0.05) is 18.1 Å². The van der Waals surface area contributed by atoms with Gasteiger partial charge in [-0.3, -0.25) is 30.6 Å². The topological polar surface area (TPSA) is 127 Å². The fraction of sp³-hybridized carbons (Fsp3) is 0.214. The molecule has 0 aliphatic carbocycles. The van der Waals surface area contributed by atoms with Gasteiger partial charge >= 0.3 is 0 Å². The van der Waals surface area contributed by atoms with E-state index in [9.17, 15) is 19.7 Å². The summed E-state index contributed by atoms with van der Waals surface area (Å²) in [5, 5.41) is 14.4. The van der Waals surface area contributed by atoms with Gasteiger partial charge in [-0.15, -0.1) is 0 Å². The largest absolute Gasteiger partial charge is 0.361 e. The van der Waals surface area contributed by atoms with Crippen LogP contribution in [0.3, 0.4) is 0 Å². The minimum Gasteiger partial charge on any atom is -0.361 e. The summed E-state index contributed by atoms with van der Waals surface area (Å²) in [6, 6.07) is 5.16. The molecule has 0 saturated carbocycles. The number of nitro groups is 1. The molecular formula is C14H14N4O5. The standard InChI is InChI=1S/C14H14N4O5/c1-3-11-12(8(2)23-17-11)14(20)16-15-13(19)9-5-4-6-10(7-9)18(21)22/h4-7H,3H2,1-2H3,(H,15,19)(H,16,20). The number of aryl methyl sites for hydroxylation is 2. The van der Waals surface area contributed by atoms with Crippen molar-refractivity contribution in [3.8, 4) is 0 Å². The van der Waals surface area contributed by atoms with Gasteiger partial charge in [-0.05, 0) is 19.4 Å². The van der Waals surface area contributed by atoms with Crippen LogP contribution in [0, 0.1) is 17.0 Å². The number of hydrogen-bond acceptors (Lipinski definition) is 6. The lowest BCUT2D eigenvalue weighted by molar-refractivity contribution is -0.384. The third kappa shape index (κ3) is 3.51. The van der Waals surface area contributed by atoms with E-state index in [1.54, 1.807) is 6.92 Å². The average Bonchev–Trinajstić information content (AvgIpc) is 2.93. The van der Waals surface area contributed by atoms with E-state index < -0.39 is 16.7 Å². The molecule has 9 nitrogen and oxygen atoms in total. The summed E-state index contributed by atoms with van der Waals surface area (Å²) in [6.07, 6.45) is 0.499. The summed E-state index contributed by atoms with van der Waals surface area (Å²) >= 11 is 0. The maximum atomic E-state index is 12.1. The SMILES string of the molecule is CCc1noc(C)c1C(=O)NNC(=O)c1cccc([N+](=O)[O-])c1. The van der Waals surface area contributed by atoms with Gasteiger partial charge in [0.1, 0.15) is 11.3 Å². The Morgan fingerprint density at radius 2 is 2.00 bits per heavy atom. The van der Waals surface area contributed by atoms with Crippen LogP contribution < -0.4 is 10.9 Å². The van der Waals surface area contributed by atoms with Crippen LogP contribution in [0.5, 0.6) is 0 Å². The smallest absolute Gasteiger partial charge is 0.275 e. The maximum Gasteiger partial charge on any atom is 0.275 e. The van der Waals surface area contributed by atoms with E-state index in [0.29, 0.717) is 17.9 Å². The summed E-state index contributed by atoms with van der Waals surface area (Å²) < 4.78 is 4.94. The van der Waals surface area contributed by atoms with Crippen LogP contribution in [0.2, 0.25) is 0 Å². The molecule has 0 fully saturated rings. The number of non-ortho nitro benzene ring substituents is 1. The summed E-state index contributed by atoms with van der Waals surface area (Å²) in [4.78, 5) is 34.1. The van der Waals surface area contributed by atoms with Gasteiger partial charge in [0.2, 0.25) is 0 Å². The molecule has 0 radical (unpaired) electrons. The van der Waals surface area contributed by atoms with Crippen molar-refractivity contribution in [2.45, 2.75) is 20.3 Å². The lowest BCUT2D eigenvalue weighted by atomic mass is 10.1. The van der Waals surface area contributed by atoms with Crippen molar-refractivity contribution in [2.75, 3.05) is 0 Å². The number of nitrogens with one attached hydrogen (secondary N) is 2. The summed E-state index contributed by atoms with van der Waals surface area (Å²) in [6.45, 7) is 3.40. The van der Waals surface area contributed by atoms with Crippen molar-refractivity contribution >= 4 is 17.5 Å². The Balaban J connectivity index is 2.07. The van der Waals surface area contributed by atoms with E-state index in [0.717, 1.165) is 6.07 Å². The highest BCUT2D eigenvalue weighted by molar-refractivity contribution is 6.00. The third-order valence-electron chi connectivity index (χ3n) is 3.10. The molecule has 0 saturated heterocycles. The van der Waals surface area contributed by atoms with E-state index in [-0.39, 0.29) is 16.8 Å². The second kappa shape index (κ2) is 6.69. The third-order valence-corrected chi connectivity index (χ3v) is 3.10. The zero-order valence-electron chi connectivity index (χ0n) is 12.5. The van der Waals surface area contributed by atoms with Crippen molar-refractivity contribution in [3.63, 3.8) is 0 Å². The highest BCUT2D eigenvalue weighted by atomic mass is 16.6. The highest BCUT2D eigenvalue weighted by Gasteiger charge is 2.20. The fourth-order valence-electron chi connectivity index (χ4n) is 1.96. The number of benzene rings is 1. The minimum atomic E-state index is -0.672. The quantitative estimate of drug-likeness (QED) is 0.650. The molecule has 23 heavy (non-hydrogen) atoms. The lowest BCUT2D eigenvalue weighted by Gasteiger charge is -2.07. The Morgan fingerprint density at radius 3 is 2.65 bits per heavy atom. The van der Waals surface area contributed by atoms with Crippen LogP contribution in [-0.4, -0.2) is 21.9 Å². The first-order valence-corrected chi connectivity index (χ1v) is 6.74. The molecule has 0 atom stereocenters. The Morgan fingerprint density at radius 1 is 1.30 bits per heavy atom. The van der Waals surface area contributed by atoms with Crippen LogP contribution >= 0.6 is 0 Å². The number of hydrogen-bond donors (Lipinski definition) is 2. The molecule has 0 spiro atoms. The summed E-state index contributed by atoms with van der Waals surface area (Å²) in [5.74, 6) is -0.905. The molecule has 2 amide bonds. The molecular weight excluding hydrogens is 304 g/mol. The number of aromatic nitrogens is 1. The predicted molar refractivity (Wildman–Crippen MR) is 78.6 cm³/mol. The molecule has 120 valence electrons. The number of hydrazine groups is 1. The van der Waals surface area contributed by atoms with Gasteiger partial charge < -0.3 is 4.52 Å². The summed E-state index contributed by atoms with van der Waals surface area (Å²) in [5.41, 5.74) is 5.01. The lowest BCUT2D eigenvalue weighted by Crippen LogP contribution is -2.42. The van der Waals surface area contributed by atoms with Gasteiger partial charge in [0.05, 0.1) is 10.6 Å². The highest BCUT2D eigenvalue weighted by Crippen LogP contribution is 2.14. The van der Waals surface area contributed by atoms with Gasteiger partial charge in [-0.2, -0.15) is 0 Å². The van der Waals surface area contributed by atoms with Gasteiger partial charge in [0, 0.05) is 17.7 Å². The van der Waals surface area contributed by atoms with E-state index >= 15 is 0 Å². The van der Waals surface area contributed by atoms with E-state index in [1.165, 1.54) is 18.2 Å². The monoisotopic (exact) mass is 318 g/mol. The zero-order valence-corrected chi connectivity index (χ0v) is 12.5. The molecule has 0 aliphatic heterocycles. The predicted octanol–water partition coefficient (Wildman–Crippen LogP) is 1.53. The average molecular weight is 318 g/mol. The minimum absolute atomic E-state index is 0.0530. The number of nitrogens with zero attached hydrogens (tertiary/aromatic N) is 2. The summed E-state index contributed by atoms with van der Waals surface area (Å²) in [7, 11) is 0. The Labute approximate surface area is 130 Å². The van der Waals surface area contributed by atoms with Crippen molar-refractivity contribution in [3.05, 3.63) is 57.0 Å². The molecule has 2 rings (SSSR count). The Kier molecular flexibility index (Phi) is 4.69. The number of rotatable bonds is 4. The van der Waals surface area contributed by atoms with Gasteiger partial charge in [-0.25, -0.2) is 0 Å². The second-order valence-corrected chi connectivity index (χ2v) is 4.63. The zero-order chi connectivity index (χ0) is 17.0. The van der Waals surface area contributed by atoms with Crippen LogP contribution in [-0.2, 0) is 6.42 Å². The molecule has 2 aromatic rings. The normalized spacial score (nSPS) is 10.2. The first-order valence-electron chi connectivity index (χ1n) is 6.74. The second-order valence-electron chi connectivity index (χ2n) is 4.63. The molecule has 0 bridgehead atoms. The maximum absolute atomic E-state index is 12.1. The van der Waals surface area contributed by atoms with E-state index in [2.05, 4.69) is 16.0 Å². The van der Waals surface area contributed by atoms with Crippen LogP contribution in [0.1, 0.15) is 39.1 Å². The molecule has 1 heterocycles. The molecule has 1 aromatic heterocycles. The molecule has 0 unspecified atom stereocenters. The van der Waals surface area contributed by atoms with Crippen molar-refractivity contribution in [1.29, 1.82) is 0 Å². The van der Waals surface area contributed by atoms with Gasteiger partial charge in [0.15, 0.2) is 0 Å². The van der Waals surface area contributed by atoms with Gasteiger partial charge in [0.25, 0.3) is 17.5 Å². The molecule has 1 aromatic carbocycles. The van der Waals surface area contributed by atoms with E-state index in [4.69, 9.17) is 4.52 Å². The number of amides is 2. The Hall–Kier alpha value is -3.23. The molecule has 9 heteroatoms. The van der Waals surface area contributed by atoms with Crippen LogP contribution in [0.25, 0.3) is 0 Å². The van der Waals surface area contributed by atoms with Crippen LogP contribution in [0.15, 0.2) is 28.8 Å². The molecule has 2 N–H and O–H groups in total. The number of carbonyl (C=O) groups is 2. The first kappa shape index (κ1) is 16.1. The van der Waals surface area contributed by atoms with Crippen molar-refractivity contribution < 1.29 is 19.0 Å². The van der Waals surface area contributed by atoms with Crippen molar-refractivity contribution in [2.24, 2.45) is 0 Å². The number of nitro benzene ring substituents is 1. The number of carbonyl (C=O) groups excluding carboxylic acids is 2. The van der Waals surface area contributed by atoms with Crippen LogP contribution in [0.4, 0.5) is 5.69 Å². The molecule has 0 aliphatic rings.